The van der Waals surface area contributed by atoms with E-state index in [0.29, 0.717) is 24.6 Å². The zero-order valence-corrected chi connectivity index (χ0v) is 14.8. The van der Waals surface area contributed by atoms with Crippen LogP contribution >= 0.6 is 12.4 Å². The van der Waals surface area contributed by atoms with Gasteiger partial charge in [-0.15, -0.1) is 12.4 Å². The molecule has 2 unspecified atom stereocenters. The third kappa shape index (κ3) is 3.30. The van der Waals surface area contributed by atoms with Crippen molar-refractivity contribution < 1.29 is 18.7 Å². The van der Waals surface area contributed by atoms with E-state index in [1.165, 1.54) is 0 Å². The zero-order valence-electron chi connectivity index (χ0n) is 14.0. The Morgan fingerprint density at radius 3 is 2.79 bits per heavy atom. The summed E-state index contributed by atoms with van der Waals surface area (Å²) >= 11 is 0. The Morgan fingerprint density at radius 1 is 1.38 bits per heavy atom. The number of hydrogen-bond donors (Lipinski definition) is 1. The van der Waals surface area contributed by atoms with Crippen molar-refractivity contribution in [3.8, 4) is 11.5 Å². The maximum atomic E-state index is 14.8. The summed E-state index contributed by atoms with van der Waals surface area (Å²) < 4.78 is 25.5. The second kappa shape index (κ2) is 7.57. The van der Waals surface area contributed by atoms with Gasteiger partial charge in [0.25, 0.3) is 5.91 Å². The summed E-state index contributed by atoms with van der Waals surface area (Å²) in [5.74, 6) is 0.970. The Bertz CT molecular complexity index is 593. The lowest BCUT2D eigenvalue weighted by Gasteiger charge is -2.31. The van der Waals surface area contributed by atoms with Crippen molar-refractivity contribution in [2.75, 3.05) is 33.9 Å². The van der Waals surface area contributed by atoms with Gasteiger partial charge in [-0.05, 0) is 31.5 Å². The van der Waals surface area contributed by atoms with Gasteiger partial charge in [-0.2, -0.15) is 0 Å². The van der Waals surface area contributed by atoms with Gasteiger partial charge in [0.15, 0.2) is 0 Å². The van der Waals surface area contributed by atoms with Crippen molar-refractivity contribution in [2.24, 2.45) is 0 Å². The lowest BCUT2D eigenvalue weighted by molar-refractivity contribution is -0.143. The third-order valence-electron chi connectivity index (χ3n) is 4.80. The fourth-order valence-corrected chi connectivity index (χ4v) is 3.53. The van der Waals surface area contributed by atoms with E-state index in [0.717, 1.165) is 18.4 Å². The molecule has 1 amide bonds. The Morgan fingerprint density at radius 2 is 2.17 bits per heavy atom. The van der Waals surface area contributed by atoms with Crippen molar-refractivity contribution >= 4 is 18.3 Å². The number of halogens is 2. The van der Waals surface area contributed by atoms with Crippen LogP contribution in [0, 0.1) is 0 Å². The smallest absolute Gasteiger partial charge is 0.262 e. The molecule has 0 aromatic heterocycles. The lowest BCUT2D eigenvalue weighted by Crippen LogP contribution is -2.47. The molecule has 2 aliphatic rings. The number of amides is 1. The van der Waals surface area contributed by atoms with Crippen molar-refractivity contribution in [2.45, 2.75) is 31.0 Å². The van der Waals surface area contributed by atoms with Gasteiger partial charge in [-0.3, -0.25) is 4.79 Å². The largest absolute Gasteiger partial charge is 0.497 e. The van der Waals surface area contributed by atoms with Crippen LogP contribution in [0.4, 0.5) is 4.39 Å². The molecule has 2 heterocycles. The SMILES string of the molecule is COc1ccc(C2CCCN2C(=O)C2(F)CCNC2)c(OC)c1.Cl. The number of nitrogens with zero attached hydrogens (tertiary/aromatic N) is 1. The van der Waals surface area contributed by atoms with E-state index in [-0.39, 0.29) is 31.4 Å². The highest BCUT2D eigenvalue weighted by Crippen LogP contribution is 2.40. The van der Waals surface area contributed by atoms with Gasteiger partial charge in [-0.25, -0.2) is 4.39 Å². The van der Waals surface area contributed by atoms with Gasteiger partial charge in [0.05, 0.1) is 20.3 Å². The summed E-state index contributed by atoms with van der Waals surface area (Å²) in [4.78, 5) is 14.4. The summed E-state index contributed by atoms with van der Waals surface area (Å²) in [7, 11) is 3.19. The van der Waals surface area contributed by atoms with Crippen LogP contribution in [0.1, 0.15) is 30.9 Å². The minimum Gasteiger partial charge on any atom is -0.497 e. The van der Waals surface area contributed by atoms with Crippen LogP contribution in [0.25, 0.3) is 0 Å². The zero-order chi connectivity index (χ0) is 16.4. The lowest BCUT2D eigenvalue weighted by atomic mass is 9.99. The molecule has 2 saturated heterocycles. The van der Waals surface area contributed by atoms with Crippen LogP contribution in [0.5, 0.6) is 11.5 Å². The second-order valence-corrected chi connectivity index (χ2v) is 6.16. The molecule has 134 valence electrons. The Balaban J connectivity index is 0.00000208. The minimum atomic E-state index is -1.78. The van der Waals surface area contributed by atoms with E-state index < -0.39 is 11.6 Å². The molecule has 3 rings (SSSR count). The van der Waals surface area contributed by atoms with Gasteiger partial charge in [0.1, 0.15) is 11.5 Å². The highest BCUT2D eigenvalue weighted by Gasteiger charge is 2.47. The standard InChI is InChI=1S/C17H23FN2O3.ClH/c1-22-12-5-6-13(15(10-12)23-2)14-4-3-9-20(14)16(21)17(18)7-8-19-11-17;/h5-6,10,14,19H,3-4,7-9,11H2,1-2H3;1H. The molecule has 24 heavy (non-hydrogen) atoms. The molecule has 1 N–H and O–H groups in total. The molecule has 0 radical (unpaired) electrons. The maximum absolute atomic E-state index is 14.8. The van der Waals surface area contributed by atoms with Crippen LogP contribution in [0.15, 0.2) is 18.2 Å². The average Bonchev–Trinajstić information content (AvgIpc) is 3.23. The van der Waals surface area contributed by atoms with Crippen molar-refractivity contribution in [3.05, 3.63) is 23.8 Å². The van der Waals surface area contributed by atoms with Crippen molar-refractivity contribution in [3.63, 3.8) is 0 Å². The second-order valence-electron chi connectivity index (χ2n) is 6.16. The molecule has 0 aliphatic carbocycles. The summed E-state index contributed by atoms with van der Waals surface area (Å²) in [6, 6.07) is 5.42. The van der Waals surface area contributed by atoms with Gasteiger partial charge in [-0.1, -0.05) is 0 Å². The number of alkyl halides is 1. The Kier molecular flexibility index (Phi) is 5.93. The summed E-state index contributed by atoms with van der Waals surface area (Å²) in [5.41, 5.74) is -0.865. The molecule has 7 heteroatoms. The average molecular weight is 359 g/mol. The monoisotopic (exact) mass is 358 g/mol. The van der Waals surface area contributed by atoms with Crippen LogP contribution in [-0.4, -0.2) is 50.3 Å². The number of likely N-dealkylation sites (tertiary alicyclic amines) is 1. The van der Waals surface area contributed by atoms with Crippen LogP contribution < -0.4 is 14.8 Å². The highest BCUT2D eigenvalue weighted by molar-refractivity contribution is 5.86. The first-order valence-electron chi connectivity index (χ1n) is 8.02. The number of rotatable bonds is 4. The van der Waals surface area contributed by atoms with Gasteiger partial charge >= 0.3 is 0 Å². The first-order valence-corrected chi connectivity index (χ1v) is 8.02. The molecule has 5 nitrogen and oxygen atoms in total. The van der Waals surface area contributed by atoms with Gasteiger partial charge in [0, 0.05) is 31.1 Å². The molecular formula is C17H24ClFN2O3. The van der Waals surface area contributed by atoms with Crippen LogP contribution in [-0.2, 0) is 4.79 Å². The summed E-state index contributed by atoms with van der Waals surface area (Å²) in [6.45, 7) is 1.24. The van der Waals surface area contributed by atoms with E-state index >= 15 is 0 Å². The molecule has 1 aromatic carbocycles. The summed E-state index contributed by atoms with van der Waals surface area (Å²) in [6.07, 6.45) is 1.93. The predicted octanol–water partition coefficient (Wildman–Crippen LogP) is 2.49. The van der Waals surface area contributed by atoms with E-state index in [9.17, 15) is 9.18 Å². The number of methoxy groups -OCH3 is 2. The van der Waals surface area contributed by atoms with E-state index in [1.807, 2.05) is 12.1 Å². The van der Waals surface area contributed by atoms with Crippen LogP contribution in [0.2, 0.25) is 0 Å². The molecule has 1 aromatic rings. The normalized spacial score (nSPS) is 26.1. The fraction of sp³-hybridized carbons (Fsp3) is 0.588. The van der Waals surface area contributed by atoms with E-state index in [2.05, 4.69) is 5.32 Å². The van der Waals surface area contributed by atoms with Gasteiger partial charge < -0.3 is 19.7 Å². The summed E-state index contributed by atoms with van der Waals surface area (Å²) in [5, 5.41) is 2.95. The number of carbonyl (C=O) groups is 1. The number of nitrogens with one attached hydrogen (secondary N) is 1. The molecule has 0 spiro atoms. The number of hydrogen-bond acceptors (Lipinski definition) is 4. The molecular weight excluding hydrogens is 335 g/mol. The number of benzene rings is 1. The van der Waals surface area contributed by atoms with Crippen molar-refractivity contribution in [1.29, 1.82) is 0 Å². The predicted molar refractivity (Wildman–Crippen MR) is 91.8 cm³/mol. The number of ether oxygens (including phenoxy) is 2. The first-order chi connectivity index (χ1) is 11.1. The quantitative estimate of drug-likeness (QED) is 0.898. The fourth-order valence-electron chi connectivity index (χ4n) is 3.53. The van der Waals surface area contributed by atoms with Gasteiger partial charge in [0.2, 0.25) is 5.67 Å². The third-order valence-corrected chi connectivity index (χ3v) is 4.80. The van der Waals surface area contributed by atoms with Crippen LogP contribution in [0.3, 0.4) is 0 Å². The Hall–Kier alpha value is -1.53. The molecule has 2 aliphatic heterocycles. The van der Waals surface area contributed by atoms with Crippen molar-refractivity contribution in [1.82, 2.24) is 10.2 Å². The van der Waals surface area contributed by atoms with E-state index in [4.69, 9.17) is 9.47 Å². The Labute approximate surface area is 147 Å². The molecule has 0 saturated carbocycles. The number of carbonyl (C=O) groups excluding carboxylic acids is 1. The maximum Gasteiger partial charge on any atom is 0.262 e. The van der Waals surface area contributed by atoms with E-state index in [1.54, 1.807) is 25.2 Å². The molecule has 2 atom stereocenters. The minimum absolute atomic E-state index is 0. The molecule has 0 bridgehead atoms. The highest BCUT2D eigenvalue weighted by atomic mass is 35.5. The molecule has 2 fully saturated rings. The topological polar surface area (TPSA) is 50.8 Å². The first kappa shape index (κ1) is 18.8.